The zero-order valence-electron chi connectivity index (χ0n) is 6.64. The van der Waals surface area contributed by atoms with Gasteiger partial charge in [-0.2, -0.15) is 0 Å². The van der Waals surface area contributed by atoms with Crippen LogP contribution in [0.4, 0.5) is 0 Å². The summed E-state index contributed by atoms with van der Waals surface area (Å²) in [6, 6.07) is 0. The van der Waals surface area contributed by atoms with E-state index in [-0.39, 0.29) is 0 Å². The summed E-state index contributed by atoms with van der Waals surface area (Å²) in [4.78, 5) is 2.99. The van der Waals surface area contributed by atoms with E-state index in [1.807, 2.05) is 0 Å². The number of aliphatic hydroxyl groups is 3. The van der Waals surface area contributed by atoms with Crippen molar-refractivity contribution < 1.29 is 20.1 Å². The summed E-state index contributed by atoms with van der Waals surface area (Å²) in [5, 5.41) is 27.4. The lowest BCUT2D eigenvalue weighted by Gasteiger charge is -2.15. The van der Waals surface area contributed by atoms with Gasteiger partial charge in [0.1, 0.15) is 6.10 Å². The molecule has 0 spiro atoms. The molecular formula is C7H11NO4. The topological polar surface area (TPSA) is 74.3 Å². The highest BCUT2D eigenvalue weighted by Gasteiger charge is 2.58. The monoisotopic (exact) mass is 173 g/mol. The maximum atomic E-state index is 9.33. The van der Waals surface area contributed by atoms with Crippen LogP contribution in [0, 0.1) is 6.57 Å². The molecule has 1 aliphatic heterocycles. The standard InChI is InChI=1S/C7H11NO4/c1-4-5(10)6(11)7(3-9,8-2)12-4/h4-6,9-11H,3H2,1H3/t4-,5+,6?,7+/m0/s1. The molecule has 0 aromatic carbocycles. The van der Waals surface area contributed by atoms with E-state index in [1.54, 1.807) is 0 Å². The molecule has 0 radical (unpaired) electrons. The zero-order chi connectivity index (χ0) is 9.35. The molecule has 68 valence electrons. The van der Waals surface area contributed by atoms with Crippen molar-refractivity contribution in [2.45, 2.75) is 31.0 Å². The van der Waals surface area contributed by atoms with Gasteiger partial charge in [0.25, 0.3) is 0 Å². The predicted octanol–water partition coefficient (Wildman–Crippen LogP) is -1.27. The minimum Gasteiger partial charge on any atom is -0.387 e. The molecule has 0 amide bonds. The quantitative estimate of drug-likeness (QED) is 0.432. The van der Waals surface area contributed by atoms with E-state index in [2.05, 4.69) is 4.85 Å². The van der Waals surface area contributed by atoms with Gasteiger partial charge in [-0.1, -0.05) is 0 Å². The van der Waals surface area contributed by atoms with Crippen molar-refractivity contribution in [1.29, 1.82) is 0 Å². The molecule has 1 unspecified atom stereocenters. The maximum Gasteiger partial charge on any atom is 0.388 e. The van der Waals surface area contributed by atoms with E-state index < -0.39 is 30.6 Å². The Labute approximate surface area is 70.0 Å². The Hall–Kier alpha value is -0.670. The van der Waals surface area contributed by atoms with Gasteiger partial charge in [-0.25, -0.2) is 6.57 Å². The van der Waals surface area contributed by atoms with E-state index in [1.165, 1.54) is 6.92 Å². The molecule has 12 heavy (non-hydrogen) atoms. The van der Waals surface area contributed by atoms with E-state index >= 15 is 0 Å². The molecule has 0 aliphatic carbocycles. The van der Waals surface area contributed by atoms with Crippen molar-refractivity contribution in [3.8, 4) is 0 Å². The second kappa shape index (κ2) is 2.99. The molecule has 0 aromatic rings. The van der Waals surface area contributed by atoms with Crippen LogP contribution in [0.5, 0.6) is 0 Å². The van der Waals surface area contributed by atoms with Gasteiger partial charge < -0.3 is 15.3 Å². The Bertz CT molecular complexity index is 214. The Balaban J connectivity index is 2.89. The molecule has 1 rings (SSSR count). The summed E-state index contributed by atoms with van der Waals surface area (Å²) >= 11 is 0. The molecule has 4 atom stereocenters. The van der Waals surface area contributed by atoms with Crippen LogP contribution in [0.1, 0.15) is 6.92 Å². The van der Waals surface area contributed by atoms with Gasteiger partial charge in [-0.05, 0) is 6.92 Å². The summed E-state index contributed by atoms with van der Waals surface area (Å²) in [5.74, 6) is 0. The van der Waals surface area contributed by atoms with Crippen molar-refractivity contribution in [2.75, 3.05) is 6.61 Å². The largest absolute Gasteiger partial charge is 0.388 e. The molecule has 0 bridgehead atoms. The third-order valence-electron chi connectivity index (χ3n) is 2.07. The van der Waals surface area contributed by atoms with Crippen LogP contribution in [0.2, 0.25) is 0 Å². The number of hydrogen-bond donors (Lipinski definition) is 3. The first-order chi connectivity index (χ1) is 5.57. The highest BCUT2D eigenvalue weighted by Crippen LogP contribution is 2.31. The van der Waals surface area contributed by atoms with Crippen molar-refractivity contribution in [2.24, 2.45) is 0 Å². The summed E-state index contributed by atoms with van der Waals surface area (Å²) in [6.07, 6.45) is -3.07. The number of aliphatic hydroxyl groups excluding tert-OH is 3. The lowest BCUT2D eigenvalue weighted by Crippen LogP contribution is -2.43. The third kappa shape index (κ3) is 1.09. The van der Waals surface area contributed by atoms with Crippen LogP contribution in [0.15, 0.2) is 0 Å². The Kier molecular flexibility index (Phi) is 2.35. The smallest absolute Gasteiger partial charge is 0.387 e. The molecule has 1 fully saturated rings. The van der Waals surface area contributed by atoms with Crippen LogP contribution in [0.25, 0.3) is 4.85 Å². The molecule has 0 aromatic heterocycles. The average Bonchev–Trinajstić information content (AvgIpc) is 2.30. The third-order valence-corrected chi connectivity index (χ3v) is 2.07. The highest BCUT2D eigenvalue weighted by molar-refractivity contribution is 5.05. The van der Waals surface area contributed by atoms with Crippen LogP contribution < -0.4 is 0 Å². The zero-order valence-corrected chi connectivity index (χ0v) is 6.64. The van der Waals surface area contributed by atoms with Crippen molar-refractivity contribution in [3.63, 3.8) is 0 Å². The second-order valence-corrected chi connectivity index (χ2v) is 2.87. The minimum absolute atomic E-state index is 0.612. The molecule has 5 heteroatoms. The van der Waals surface area contributed by atoms with Crippen LogP contribution in [-0.4, -0.2) is 46.0 Å². The Morgan fingerprint density at radius 3 is 2.33 bits per heavy atom. The molecule has 0 saturated carbocycles. The van der Waals surface area contributed by atoms with Gasteiger partial charge in [0, 0.05) is 0 Å². The summed E-state index contributed by atoms with van der Waals surface area (Å²) < 4.78 is 4.97. The SMILES string of the molecule is [C-]#[N+][C@]1(CO)O[C@@H](C)[C@@H](O)C1O. The van der Waals surface area contributed by atoms with Gasteiger partial charge >= 0.3 is 5.72 Å². The van der Waals surface area contributed by atoms with Crippen molar-refractivity contribution >= 4 is 0 Å². The molecule has 3 N–H and O–H groups in total. The molecule has 1 heterocycles. The van der Waals surface area contributed by atoms with Crippen molar-refractivity contribution in [3.05, 3.63) is 11.4 Å². The molecule has 1 saturated heterocycles. The normalized spacial score (nSPS) is 47.4. The highest BCUT2D eigenvalue weighted by atomic mass is 16.6. The lowest BCUT2D eigenvalue weighted by molar-refractivity contribution is -0.0762. The summed E-state index contributed by atoms with van der Waals surface area (Å²) in [7, 11) is 0. The maximum absolute atomic E-state index is 9.33. The number of nitrogens with zero attached hydrogens (tertiary/aromatic N) is 1. The van der Waals surface area contributed by atoms with E-state index in [0.717, 1.165) is 0 Å². The van der Waals surface area contributed by atoms with Gasteiger partial charge in [-0.3, -0.25) is 9.58 Å². The first kappa shape index (κ1) is 9.42. The molecular weight excluding hydrogens is 162 g/mol. The van der Waals surface area contributed by atoms with E-state index in [4.69, 9.17) is 16.4 Å². The van der Waals surface area contributed by atoms with Gasteiger partial charge in [0.15, 0.2) is 12.7 Å². The number of rotatable bonds is 1. The average molecular weight is 173 g/mol. The fraction of sp³-hybridized carbons (Fsp3) is 0.857. The molecule has 5 nitrogen and oxygen atoms in total. The Morgan fingerprint density at radius 2 is 2.17 bits per heavy atom. The number of hydrogen-bond acceptors (Lipinski definition) is 4. The van der Waals surface area contributed by atoms with Crippen molar-refractivity contribution in [1.82, 2.24) is 0 Å². The summed E-state index contributed by atoms with van der Waals surface area (Å²) in [5.41, 5.74) is -1.67. The first-order valence-electron chi connectivity index (χ1n) is 3.61. The number of ether oxygens (including phenoxy) is 1. The van der Waals surface area contributed by atoms with Crippen LogP contribution in [-0.2, 0) is 4.74 Å². The van der Waals surface area contributed by atoms with Gasteiger partial charge in [0.05, 0.1) is 6.10 Å². The Morgan fingerprint density at radius 1 is 1.58 bits per heavy atom. The van der Waals surface area contributed by atoms with Gasteiger partial charge in [0.2, 0.25) is 0 Å². The first-order valence-corrected chi connectivity index (χ1v) is 3.61. The van der Waals surface area contributed by atoms with E-state index in [0.29, 0.717) is 0 Å². The molecule has 1 aliphatic rings. The predicted molar refractivity (Wildman–Crippen MR) is 39.0 cm³/mol. The van der Waals surface area contributed by atoms with E-state index in [9.17, 15) is 10.2 Å². The van der Waals surface area contributed by atoms with Crippen LogP contribution in [0.3, 0.4) is 0 Å². The fourth-order valence-corrected chi connectivity index (χ4v) is 1.24. The fourth-order valence-electron chi connectivity index (χ4n) is 1.24. The minimum atomic E-state index is -1.67. The van der Waals surface area contributed by atoms with Gasteiger partial charge in [-0.15, -0.1) is 0 Å². The lowest BCUT2D eigenvalue weighted by atomic mass is 10.0. The van der Waals surface area contributed by atoms with Crippen LogP contribution >= 0.6 is 0 Å². The second-order valence-electron chi connectivity index (χ2n) is 2.87. The summed E-state index contributed by atoms with van der Waals surface area (Å²) in [6.45, 7) is 7.65.